The lowest BCUT2D eigenvalue weighted by Crippen LogP contribution is -2.21. The van der Waals surface area contributed by atoms with E-state index >= 15 is 0 Å². The molecule has 0 spiro atoms. The lowest BCUT2D eigenvalue weighted by Gasteiger charge is -2.19. The maximum Gasteiger partial charge on any atom is 0.134 e. The summed E-state index contributed by atoms with van der Waals surface area (Å²) >= 11 is 0. The van der Waals surface area contributed by atoms with Gasteiger partial charge in [0.1, 0.15) is 18.0 Å². The predicted octanol–water partition coefficient (Wildman–Crippen LogP) is 2.61. The van der Waals surface area contributed by atoms with E-state index in [9.17, 15) is 0 Å². The largest absolute Gasteiger partial charge is 0.383 e. The van der Waals surface area contributed by atoms with Crippen molar-refractivity contribution in [3.05, 3.63) is 11.9 Å². The summed E-state index contributed by atoms with van der Waals surface area (Å²) in [7, 11) is 0. The van der Waals surface area contributed by atoms with Crippen molar-refractivity contribution < 1.29 is 0 Å². The van der Waals surface area contributed by atoms with Gasteiger partial charge in [-0.25, -0.2) is 9.97 Å². The monoisotopic (exact) mass is 234 g/mol. The first-order valence-electron chi connectivity index (χ1n) is 6.60. The molecule has 1 atom stereocenters. The van der Waals surface area contributed by atoms with Gasteiger partial charge in [-0.1, -0.05) is 26.7 Å². The molecule has 1 saturated carbocycles. The van der Waals surface area contributed by atoms with Crippen LogP contribution in [0, 0.1) is 5.92 Å². The number of aromatic nitrogens is 2. The van der Waals surface area contributed by atoms with Crippen LogP contribution < -0.4 is 11.1 Å². The molecule has 2 rings (SSSR count). The van der Waals surface area contributed by atoms with Crippen LogP contribution in [0.25, 0.3) is 0 Å². The Kier molecular flexibility index (Phi) is 3.82. The third-order valence-corrected chi connectivity index (χ3v) is 3.48. The van der Waals surface area contributed by atoms with Crippen LogP contribution in [0.3, 0.4) is 0 Å². The number of nitrogen functional groups attached to an aromatic ring is 1. The normalized spacial score (nSPS) is 16.8. The van der Waals surface area contributed by atoms with Gasteiger partial charge in [0.15, 0.2) is 0 Å². The smallest absolute Gasteiger partial charge is 0.134 e. The van der Waals surface area contributed by atoms with E-state index in [1.807, 2.05) is 0 Å². The van der Waals surface area contributed by atoms with Crippen LogP contribution >= 0.6 is 0 Å². The summed E-state index contributed by atoms with van der Waals surface area (Å²) < 4.78 is 0. The maximum absolute atomic E-state index is 5.87. The molecule has 0 saturated heterocycles. The van der Waals surface area contributed by atoms with Crippen LogP contribution in [-0.4, -0.2) is 16.0 Å². The van der Waals surface area contributed by atoms with E-state index in [0.29, 0.717) is 11.9 Å². The molecule has 17 heavy (non-hydrogen) atoms. The van der Waals surface area contributed by atoms with Gasteiger partial charge in [-0.2, -0.15) is 0 Å². The molecule has 3 N–H and O–H groups in total. The molecular formula is C13H22N4. The molecule has 0 aliphatic heterocycles. The van der Waals surface area contributed by atoms with Crippen LogP contribution in [0.2, 0.25) is 0 Å². The summed E-state index contributed by atoms with van der Waals surface area (Å²) in [5.74, 6) is 2.45. The van der Waals surface area contributed by atoms with E-state index in [2.05, 4.69) is 29.1 Å². The third kappa shape index (κ3) is 3.08. The number of rotatable bonds is 6. The van der Waals surface area contributed by atoms with Gasteiger partial charge in [0.25, 0.3) is 0 Å². The minimum absolute atomic E-state index is 0.516. The van der Waals surface area contributed by atoms with Crippen LogP contribution in [0.5, 0.6) is 0 Å². The van der Waals surface area contributed by atoms with Gasteiger partial charge in [-0.3, -0.25) is 0 Å². The summed E-state index contributed by atoms with van der Waals surface area (Å²) in [4.78, 5) is 8.37. The molecule has 4 nitrogen and oxygen atoms in total. The first kappa shape index (κ1) is 12.1. The summed E-state index contributed by atoms with van der Waals surface area (Å²) in [6.45, 7) is 4.30. The predicted molar refractivity (Wildman–Crippen MR) is 70.9 cm³/mol. The summed E-state index contributed by atoms with van der Waals surface area (Å²) in [6.07, 6.45) is 7.58. The fourth-order valence-electron chi connectivity index (χ4n) is 2.18. The van der Waals surface area contributed by atoms with E-state index in [0.717, 1.165) is 30.1 Å². The fourth-order valence-corrected chi connectivity index (χ4v) is 2.18. The molecule has 1 fully saturated rings. The van der Waals surface area contributed by atoms with Crippen molar-refractivity contribution in [2.75, 3.05) is 11.1 Å². The molecule has 1 aromatic rings. The zero-order chi connectivity index (χ0) is 12.3. The first-order valence-corrected chi connectivity index (χ1v) is 6.60. The van der Waals surface area contributed by atoms with Crippen molar-refractivity contribution in [2.24, 2.45) is 5.92 Å². The number of hydrogen-bond donors (Lipinski definition) is 2. The molecule has 1 aliphatic rings. The Balaban J connectivity index is 2.07. The fraction of sp³-hybridized carbons (Fsp3) is 0.692. The highest BCUT2D eigenvalue weighted by Gasteiger charge is 2.25. The van der Waals surface area contributed by atoms with Crippen LogP contribution in [0.4, 0.5) is 11.6 Å². The van der Waals surface area contributed by atoms with Crippen molar-refractivity contribution in [1.82, 2.24) is 9.97 Å². The summed E-state index contributed by atoms with van der Waals surface area (Å²) in [5, 5.41) is 3.53. The Morgan fingerprint density at radius 2 is 2.18 bits per heavy atom. The lowest BCUT2D eigenvalue weighted by molar-refractivity contribution is 0.584. The maximum atomic E-state index is 5.87. The van der Waals surface area contributed by atoms with Gasteiger partial charge in [0, 0.05) is 11.6 Å². The summed E-state index contributed by atoms with van der Waals surface area (Å²) in [5.41, 5.74) is 6.91. The van der Waals surface area contributed by atoms with Crippen molar-refractivity contribution >= 4 is 11.6 Å². The number of anilines is 2. The molecule has 1 aromatic heterocycles. The lowest BCUT2D eigenvalue weighted by atomic mass is 10.1. The molecule has 94 valence electrons. The Bertz CT molecular complexity index is 374. The molecule has 1 unspecified atom stereocenters. The van der Waals surface area contributed by atoms with E-state index in [1.54, 1.807) is 6.33 Å². The van der Waals surface area contributed by atoms with Gasteiger partial charge < -0.3 is 11.1 Å². The van der Waals surface area contributed by atoms with E-state index < -0.39 is 0 Å². The number of nitrogens with two attached hydrogens (primary N) is 1. The quantitative estimate of drug-likeness (QED) is 0.794. The minimum Gasteiger partial charge on any atom is -0.383 e. The summed E-state index contributed by atoms with van der Waals surface area (Å²) in [6, 6.07) is 0.516. The van der Waals surface area contributed by atoms with Gasteiger partial charge in [0.2, 0.25) is 0 Å². The van der Waals surface area contributed by atoms with Gasteiger partial charge in [-0.15, -0.1) is 0 Å². The van der Waals surface area contributed by atoms with Crippen LogP contribution in [0.1, 0.15) is 45.1 Å². The zero-order valence-corrected chi connectivity index (χ0v) is 10.7. The van der Waals surface area contributed by atoms with Crippen LogP contribution in [-0.2, 0) is 6.42 Å². The van der Waals surface area contributed by atoms with E-state index in [1.165, 1.54) is 19.3 Å². The topological polar surface area (TPSA) is 63.8 Å². The van der Waals surface area contributed by atoms with Crippen molar-refractivity contribution in [2.45, 2.75) is 52.0 Å². The first-order chi connectivity index (χ1) is 8.24. The average molecular weight is 234 g/mol. The van der Waals surface area contributed by atoms with Crippen molar-refractivity contribution in [3.63, 3.8) is 0 Å². The number of hydrogen-bond acceptors (Lipinski definition) is 4. The second-order valence-electron chi connectivity index (χ2n) is 4.87. The SMILES string of the molecule is CCc1c(N)ncnc1NC(CC)CC1CC1. The van der Waals surface area contributed by atoms with E-state index in [-0.39, 0.29) is 0 Å². The molecule has 4 heteroatoms. The molecule has 0 radical (unpaired) electrons. The third-order valence-electron chi connectivity index (χ3n) is 3.48. The molecule has 1 heterocycles. The Morgan fingerprint density at radius 1 is 1.41 bits per heavy atom. The van der Waals surface area contributed by atoms with Crippen LogP contribution in [0.15, 0.2) is 6.33 Å². The van der Waals surface area contributed by atoms with Crippen molar-refractivity contribution in [1.29, 1.82) is 0 Å². The Morgan fingerprint density at radius 3 is 2.76 bits per heavy atom. The Hall–Kier alpha value is -1.32. The number of nitrogens with zero attached hydrogens (tertiary/aromatic N) is 2. The average Bonchev–Trinajstić information content (AvgIpc) is 3.12. The van der Waals surface area contributed by atoms with Crippen molar-refractivity contribution in [3.8, 4) is 0 Å². The molecule has 0 amide bonds. The molecule has 1 aliphatic carbocycles. The van der Waals surface area contributed by atoms with Gasteiger partial charge in [0.05, 0.1) is 0 Å². The van der Waals surface area contributed by atoms with E-state index in [4.69, 9.17) is 5.73 Å². The van der Waals surface area contributed by atoms with Gasteiger partial charge >= 0.3 is 0 Å². The standard InChI is InChI=1S/C13H22N4/c1-3-10(7-9-5-6-9)17-13-11(4-2)12(14)15-8-16-13/h8-10H,3-7H2,1-2H3,(H3,14,15,16,17). The molecule has 0 bridgehead atoms. The molecule has 0 aromatic carbocycles. The second kappa shape index (κ2) is 5.34. The highest BCUT2D eigenvalue weighted by atomic mass is 15.1. The second-order valence-corrected chi connectivity index (χ2v) is 4.87. The molecular weight excluding hydrogens is 212 g/mol. The number of nitrogens with one attached hydrogen (secondary N) is 1. The highest BCUT2D eigenvalue weighted by molar-refractivity contribution is 5.55. The highest BCUT2D eigenvalue weighted by Crippen LogP contribution is 2.35. The minimum atomic E-state index is 0.516. The van der Waals surface area contributed by atoms with Gasteiger partial charge in [-0.05, 0) is 25.2 Å². The Labute approximate surface area is 103 Å². The zero-order valence-electron chi connectivity index (χ0n) is 10.7.